The van der Waals surface area contributed by atoms with E-state index in [1.54, 1.807) is 0 Å². The zero-order valence-electron chi connectivity index (χ0n) is 8.23. The topological polar surface area (TPSA) is 20.2 Å². The Morgan fingerprint density at radius 1 is 1.29 bits per heavy atom. The summed E-state index contributed by atoms with van der Waals surface area (Å²) < 4.78 is 0. The summed E-state index contributed by atoms with van der Waals surface area (Å²) in [4.78, 5) is 0. The minimum absolute atomic E-state index is 0.329. The molecule has 1 nitrogen and oxygen atoms in total. The second kappa shape index (κ2) is 4.85. The molecule has 1 aliphatic carbocycles. The summed E-state index contributed by atoms with van der Waals surface area (Å²) in [7, 11) is 0. The quantitative estimate of drug-likeness (QED) is 0.751. The normalized spacial score (nSPS) is 24.9. The van der Waals surface area contributed by atoms with Gasteiger partial charge < -0.3 is 5.11 Å². The molecule has 0 spiro atoms. The van der Waals surface area contributed by atoms with Gasteiger partial charge in [-0.1, -0.05) is 30.3 Å². The molecule has 2 unspecified atom stereocenters. The van der Waals surface area contributed by atoms with Gasteiger partial charge in [-0.15, -0.1) is 0 Å². The van der Waals surface area contributed by atoms with Gasteiger partial charge in [-0.25, -0.2) is 0 Å². The maximum atomic E-state index is 8.67. The Bertz CT molecular complexity index is 273. The van der Waals surface area contributed by atoms with E-state index < -0.39 is 0 Å². The average molecular weight is 208 g/mol. The highest BCUT2D eigenvalue weighted by atomic mass is 32.2. The highest BCUT2D eigenvalue weighted by Gasteiger charge is 2.37. The smallest absolute Gasteiger partial charge is 0.0438 e. The fraction of sp³-hybridized carbons (Fsp3) is 0.500. The van der Waals surface area contributed by atoms with Gasteiger partial charge in [0.05, 0.1) is 0 Å². The van der Waals surface area contributed by atoms with E-state index in [0.29, 0.717) is 6.61 Å². The van der Waals surface area contributed by atoms with Gasteiger partial charge in [0.15, 0.2) is 0 Å². The molecule has 1 aliphatic rings. The van der Waals surface area contributed by atoms with Crippen molar-refractivity contribution in [3.05, 3.63) is 35.9 Å². The molecule has 2 rings (SSSR count). The van der Waals surface area contributed by atoms with Crippen molar-refractivity contribution in [2.45, 2.75) is 24.0 Å². The minimum atomic E-state index is 0.329. The molecule has 1 N–H and O–H groups in total. The first kappa shape index (κ1) is 10.1. The first-order valence-electron chi connectivity index (χ1n) is 5.19. The van der Waals surface area contributed by atoms with Crippen molar-refractivity contribution in [3.63, 3.8) is 0 Å². The molecule has 0 aromatic heterocycles. The lowest BCUT2D eigenvalue weighted by atomic mass is 10.1. The van der Waals surface area contributed by atoms with Crippen LogP contribution in [0.25, 0.3) is 0 Å². The lowest BCUT2D eigenvalue weighted by Crippen LogP contribution is -1.89. The van der Waals surface area contributed by atoms with Gasteiger partial charge in [0.25, 0.3) is 0 Å². The summed E-state index contributed by atoms with van der Waals surface area (Å²) >= 11 is 2.01. The Morgan fingerprint density at radius 2 is 2.07 bits per heavy atom. The van der Waals surface area contributed by atoms with Crippen LogP contribution in [0.2, 0.25) is 0 Å². The summed E-state index contributed by atoms with van der Waals surface area (Å²) in [5.74, 6) is 1.88. The second-order valence-electron chi connectivity index (χ2n) is 3.74. The second-order valence-corrected chi connectivity index (χ2v) is 5.09. The number of hydrogen-bond acceptors (Lipinski definition) is 2. The van der Waals surface area contributed by atoms with E-state index in [9.17, 15) is 0 Å². The van der Waals surface area contributed by atoms with E-state index in [0.717, 1.165) is 23.3 Å². The van der Waals surface area contributed by atoms with Gasteiger partial charge in [0.1, 0.15) is 0 Å². The molecule has 0 amide bonds. The summed E-state index contributed by atoms with van der Waals surface area (Å²) in [5, 5.41) is 9.48. The minimum Gasteiger partial charge on any atom is -0.396 e. The average Bonchev–Trinajstić information content (AvgIpc) is 2.99. The standard InChI is InChI=1S/C12H16OS/c13-7-4-8-14-12-9-11(12)10-5-2-1-3-6-10/h1-3,5-6,11-13H,4,7-9H2. The number of benzene rings is 1. The Morgan fingerprint density at radius 3 is 2.79 bits per heavy atom. The Labute approximate surface area is 89.5 Å². The Kier molecular flexibility index (Phi) is 3.49. The number of aliphatic hydroxyl groups excluding tert-OH is 1. The molecule has 14 heavy (non-hydrogen) atoms. The zero-order valence-corrected chi connectivity index (χ0v) is 9.04. The summed E-state index contributed by atoms with van der Waals surface area (Å²) in [6.07, 6.45) is 2.25. The van der Waals surface area contributed by atoms with E-state index in [2.05, 4.69) is 30.3 Å². The highest BCUT2D eigenvalue weighted by molar-refractivity contribution is 8.00. The van der Waals surface area contributed by atoms with Gasteiger partial charge in [-0.2, -0.15) is 11.8 Å². The third-order valence-electron chi connectivity index (χ3n) is 2.59. The molecule has 76 valence electrons. The van der Waals surface area contributed by atoms with Gasteiger partial charge in [-0.05, 0) is 30.1 Å². The molecule has 0 saturated heterocycles. The predicted octanol–water partition coefficient (Wildman–Crippen LogP) is 2.66. The molecule has 1 aromatic rings. The monoisotopic (exact) mass is 208 g/mol. The van der Waals surface area contributed by atoms with Gasteiger partial charge in [0.2, 0.25) is 0 Å². The van der Waals surface area contributed by atoms with Crippen molar-refractivity contribution < 1.29 is 5.11 Å². The zero-order chi connectivity index (χ0) is 9.80. The third kappa shape index (κ3) is 2.52. The van der Waals surface area contributed by atoms with Crippen LogP contribution in [0.5, 0.6) is 0 Å². The lowest BCUT2D eigenvalue weighted by Gasteiger charge is -1.99. The number of aliphatic hydroxyl groups is 1. The van der Waals surface area contributed by atoms with Crippen LogP contribution in [-0.2, 0) is 0 Å². The van der Waals surface area contributed by atoms with Crippen molar-refractivity contribution >= 4 is 11.8 Å². The van der Waals surface area contributed by atoms with Crippen LogP contribution >= 0.6 is 11.8 Å². The number of rotatable bonds is 5. The molecule has 2 atom stereocenters. The molecular weight excluding hydrogens is 192 g/mol. The third-order valence-corrected chi connectivity index (χ3v) is 4.07. The Balaban J connectivity index is 1.76. The molecule has 0 radical (unpaired) electrons. The van der Waals surface area contributed by atoms with Crippen molar-refractivity contribution in [3.8, 4) is 0 Å². The van der Waals surface area contributed by atoms with E-state index in [1.807, 2.05) is 11.8 Å². The van der Waals surface area contributed by atoms with Crippen LogP contribution in [0.1, 0.15) is 24.3 Å². The van der Waals surface area contributed by atoms with Crippen LogP contribution in [0, 0.1) is 0 Å². The van der Waals surface area contributed by atoms with Crippen LogP contribution in [0.4, 0.5) is 0 Å². The van der Waals surface area contributed by atoms with Crippen LogP contribution < -0.4 is 0 Å². The van der Waals surface area contributed by atoms with Crippen molar-refractivity contribution in [2.24, 2.45) is 0 Å². The van der Waals surface area contributed by atoms with Gasteiger partial charge in [-0.3, -0.25) is 0 Å². The molecule has 0 bridgehead atoms. The van der Waals surface area contributed by atoms with E-state index in [-0.39, 0.29) is 0 Å². The van der Waals surface area contributed by atoms with E-state index >= 15 is 0 Å². The molecule has 0 heterocycles. The summed E-state index contributed by atoms with van der Waals surface area (Å²) in [6, 6.07) is 10.7. The fourth-order valence-corrected chi connectivity index (χ4v) is 3.04. The van der Waals surface area contributed by atoms with Crippen molar-refractivity contribution in [1.82, 2.24) is 0 Å². The van der Waals surface area contributed by atoms with Crippen molar-refractivity contribution in [2.75, 3.05) is 12.4 Å². The van der Waals surface area contributed by atoms with Gasteiger partial charge >= 0.3 is 0 Å². The first-order valence-corrected chi connectivity index (χ1v) is 6.24. The maximum Gasteiger partial charge on any atom is 0.0438 e. The highest BCUT2D eigenvalue weighted by Crippen LogP contribution is 2.49. The van der Waals surface area contributed by atoms with E-state index in [1.165, 1.54) is 12.0 Å². The number of hydrogen-bond donors (Lipinski definition) is 1. The Hall–Kier alpha value is -0.470. The fourth-order valence-electron chi connectivity index (χ4n) is 1.71. The van der Waals surface area contributed by atoms with Crippen molar-refractivity contribution in [1.29, 1.82) is 0 Å². The largest absolute Gasteiger partial charge is 0.396 e. The van der Waals surface area contributed by atoms with Crippen LogP contribution in [0.15, 0.2) is 30.3 Å². The molecule has 1 aromatic carbocycles. The molecule has 1 saturated carbocycles. The lowest BCUT2D eigenvalue weighted by molar-refractivity contribution is 0.296. The molecule has 2 heteroatoms. The maximum absolute atomic E-state index is 8.67. The summed E-state index contributed by atoms with van der Waals surface area (Å²) in [5.41, 5.74) is 1.48. The molecular formula is C12H16OS. The van der Waals surface area contributed by atoms with Gasteiger partial charge in [0, 0.05) is 11.9 Å². The molecule has 1 fully saturated rings. The number of thioether (sulfide) groups is 1. The molecule has 0 aliphatic heterocycles. The van der Waals surface area contributed by atoms with Crippen LogP contribution in [0.3, 0.4) is 0 Å². The van der Waals surface area contributed by atoms with E-state index in [4.69, 9.17) is 5.11 Å². The SMILES string of the molecule is OCCCSC1CC1c1ccccc1. The summed E-state index contributed by atoms with van der Waals surface area (Å²) in [6.45, 7) is 0.329. The first-order chi connectivity index (χ1) is 6.92. The van der Waals surface area contributed by atoms with Crippen LogP contribution in [-0.4, -0.2) is 22.7 Å². The predicted molar refractivity (Wildman–Crippen MR) is 61.7 cm³/mol.